The highest BCUT2D eigenvalue weighted by atomic mass is 35.5. The number of fused-ring (bicyclic) bond motifs is 1. The lowest BCUT2D eigenvalue weighted by molar-refractivity contribution is -0.115. The van der Waals surface area contributed by atoms with Crippen LogP contribution >= 0.6 is 11.6 Å². The minimum atomic E-state index is -0.138. The van der Waals surface area contributed by atoms with E-state index in [9.17, 15) is 9.59 Å². The maximum absolute atomic E-state index is 11.8. The van der Waals surface area contributed by atoms with Crippen LogP contribution in [-0.2, 0) is 4.79 Å². The Morgan fingerprint density at radius 2 is 1.95 bits per heavy atom. The smallest absolute Gasteiger partial charge is 0.244 e. The molecule has 1 amide bonds. The van der Waals surface area contributed by atoms with Gasteiger partial charge in [0.15, 0.2) is 6.29 Å². The zero-order valence-corrected chi connectivity index (χ0v) is 11.2. The second kappa shape index (κ2) is 4.98. The van der Waals surface area contributed by atoms with E-state index in [2.05, 4.69) is 5.32 Å². The molecule has 0 bridgehead atoms. The van der Waals surface area contributed by atoms with Gasteiger partial charge in [-0.05, 0) is 24.3 Å². The van der Waals surface area contributed by atoms with Crippen molar-refractivity contribution in [3.05, 3.63) is 53.1 Å². The Hall–Kier alpha value is -2.33. The molecule has 2 aromatic carbocycles. The predicted molar refractivity (Wildman–Crippen MR) is 78.9 cm³/mol. The van der Waals surface area contributed by atoms with Crippen molar-refractivity contribution >= 4 is 40.9 Å². The third kappa shape index (κ3) is 2.04. The van der Waals surface area contributed by atoms with E-state index < -0.39 is 0 Å². The van der Waals surface area contributed by atoms with Crippen LogP contribution < -0.4 is 10.2 Å². The van der Waals surface area contributed by atoms with E-state index in [1.165, 1.54) is 0 Å². The SMILES string of the molecule is O=Cc1cccc(Cl)c1N1CC(=O)Nc2ccccc21. The molecular formula is C15H11ClN2O2. The number of hydrogen-bond donors (Lipinski definition) is 1. The summed E-state index contributed by atoms with van der Waals surface area (Å²) in [5, 5.41) is 3.25. The number of carbonyl (C=O) groups excluding carboxylic acids is 2. The molecular weight excluding hydrogens is 276 g/mol. The van der Waals surface area contributed by atoms with Crippen LogP contribution in [0, 0.1) is 0 Å². The second-order valence-corrected chi connectivity index (χ2v) is 4.85. The number of carbonyl (C=O) groups is 2. The first-order valence-electron chi connectivity index (χ1n) is 6.11. The summed E-state index contributed by atoms with van der Waals surface area (Å²) in [6.07, 6.45) is 0.746. The van der Waals surface area contributed by atoms with Crippen LogP contribution in [0.15, 0.2) is 42.5 Å². The molecule has 100 valence electrons. The van der Waals surface area contributed by atoms with Gasteiger partial charge in [0, 0.05) is 5.56 Å². The number of amides is 1. The summed E-state index contributed by atoms with van der Waals surface area (Å²) in [5.74, 6) is -0.138. The van der Waals surface area contributed by atoms with Crippen LogP contribution in [0.5, 0.6) is 0 Å². The van der Waals surface area contributed by atoms with Crippen molar-refractivity contribution in [3.63, 3.8) is 0 Å². The van der Waals surface area contributed by atoms with Gasteiger partial charge in [-0.25, -0.2) is 0 Å². The fourth-order valence-electron chi connectivity index (χ4n) is 2.34. The molecule has 0 saturated heterocycles. The van der Waals surface area contributed by atoms with E-state index >= 15 is 0 Å². The first-order valence-corrected chi connectivity index (χ1v) is 6.48. The highest BCUT2D eigenvalue weighted by Gasteiger charge is 2.25. The van der Waals surface area contributed by atoms with Crippen molar-refractivity contribution in [2.75, 3.05) is 16.8 Å². The summed E-state index contributed by atoms with van der Waals surface area (Å²) in [5.41, 5.74) is 2.55. The van der Waals surface area contributed by atoms with Crippen molar-refractivity contribution < 1.29 is 9.59 Å². The Balaban J connectivity index is 2.21. The van der Waals surface area contributed by atoms with E-state index in [0.717, 1.165) is 12.0 Å². The van der Waals surface area contributed by atoms with Crippen molar-refractivity contribution in [3.8, 4) is 0 Å². The normalized spacial score (nSPS) is 13.7. The van der Waals surface area contributed by atoms with Crippen molar-refractivity contribution in [2.24, 2.45) is 0 Å². The molecule has 0 saturated carbocycles. The Morgan fingerprint density at radius 1 is 1.15 bits per heavy atom. The first-order chi connectivity index (χ1) is 9.70. The molecule has 0 aromatic heterocycles. The molecule has 0 unspecified atom stereocenters. The van der Waals surface area contributed by atoms with E-state index in [0.29, 0.717) is 22.0 Å². The summed E-state index contributed by atoms with van der Waals surface area (Å²) in [6, 6.07) is 12.5. The molecule has 1 heterocycles. The van der Waals surface area contributed by atoms with Gasteiger partial charge < -0.3 is 10.2 Å². The Bertz CT molecular complexity index is 700. The number of benzene rings is 2. The van der Waals surface area contributed by atoms with Crippen LogP contribution in [0.25, 0.3) is 0 Å². The zero-order chi connectivity index (χ0) is 14.1. The summed E-state index contributed by atoms with van der Waals surface area (Å²) < 4.78 is 0. The second-order valence-electron chi connectivity index (χ2n) is 4.45. The molecule has 0 spiro atoms. The maximum atomic E-state index is 11.8. The van der Waals surface area contributed by atoms with Gasteiger partial charge in [-0.3, -0.25) is 9.59 Å². The largest absolute Gasteiger partial charge is 0.328 e. The molecule has 0 aliphatic carbocycles. The molecule has 0 fully saturated rings. The number of aldehydes is 1. The summed E-state index contributed by atoms with van der Waals surface area (Å²) >= 11 is 6.22. The van der Waals surface area contributed by atoms with Gasteiger partial charge in [0.05, 0.1) is 22.1 Å². The summed E-state index contributed by atoms with van der Waals surface area (Å²) in [6.45, 7) is 0.127. The topological polar surface area (TPSA) is 49.4 Å². The van der Waals surface area contributed by atoms with Crippen LogP contribution in [0.3, 0.4) is 0 Å². The average Bonchev–Trinajstić information content (AvgIpc) is 2.46. The number of nitrogens with zero attached hydrogens (tertiary/aromatic N) is 1. The van der Waals surface area contributed by atoms with E-state index in [-0.39, 0.29) is 12.5 Å². The lowest BCUT2D eigenvalue weighted by atomic mass is 10.1. The summed E-state index contributed by atoms with van der Waals surface area (Å²) in [4.78, 5) is 24.8. The van der Waals surface area contributed by atoms with Crippen LogP contribution in [0.2, 0.25) is 5.02 Å². The minimum absolute atomic E-state index is 0.127. The molecule has 4 nitrogen and oxygen atoms in total. The molecule has 3 rings (SSSR count). The fourth-order valence-corrected chi connectivity index (χ4v) is 2.63. The van der Waals surface area contributed by atoms with Crippen LogP contribution in [-0.4, -0.2) is 18.7 Å². The molecule has 0 radical (unpaired) electrons. The van der Waals surface area contributed by atoms with Crippen LogP contribution in [0.4, 0.5) is 17.1 Å². The molecule has 1 N–H and O–H groups in total. The monoisotopic (exact) mass is 286 g/mol. The van der Waals surface area contributed by atoms with Gasteiger partial charge in [-0.1, -0.05) is 29.8 Å². The number of hydrogen-bond acceptors (Lipinski definition) is 3. The highest BCUT2D eigenvalue weighted by Crippen LogP contribution is 2.39. The Labute approximate surface area is 121 Å². The van der Waals surface area contributed by atoms with Gasteiger partial charge in [-0.15, -0.1) is 0 Å². The highest BCUT2D eigenvalue weighted by molar-refractivity contribution is 6.34. The maximum Gasteiger partial charge on any atom is 0.244 e. The average molecular weight is 287 g/mol. The summed E-state index contributed by atoms with van der Waals surface area (Å²) in [7, 11) is 0. The standard InChI is InChI=1S/C15H11ClN2O2/c16-11-5-3-4-10(9-19)15(11)18-8-14(20)17-12-6-1-2-7-13(12)18/h1-7,9H,8H2,(H,17,20). The quantitative estimate of drug-likeness (QED) is 0.862. The van der Waals surface area contributed by atoms with Gasteiger partial charge in [-0.2, -0.15) is 0 Å². The Kier molecular flexibility index (Phi) is 3.16. The van der Waals surface area contributed by atoms with Crippen molar-refractivity contribution in [2.45, 2.75) is 0 Å². The van der Waals surface area contributed by atoms with Gasteiger partial charge in [0.25, 0.3) is 0 Å². The van der Waals surface area contributed by atoms with Gasteiger partial charge in [0.2, 0.25) is 5.91 Å². The van der Waals surface area contributed by atoms with Crippen molar-refractivity contribution in [1.29, 1.82) is 0 Å². The van der Waals surface area contributed by atoms with Crippen LogP contribution in [0.1, 0.15) is 10.4 Å². The molecule has 5 heteroatoms. The van der Waals surface area contributed by atoms with Gasteiger partial charge in [0.1, 0.15) is 6.54 Å². The number of rotatable bonds is 2. The number of nitrogens with one attached hydrogen (secondary N) is 1. The lowest BCUT2D eigenvalue weighted by Gasteiger charge is -2.32. The predicted octanol–water partition coefficient (Wildman–Crippen LogP) is 3.24. The van der Waals surface area contributed by atoms with E-state index in [1.807, 2.05) is 24.3 Å². The molecule has 0 atom stereocenters. The van der Waals surface area contributed by atoms with E-state index in [1.54, 1.807) is 23.1 Å². The van der Waals surface area contributed by atoms with Crippen molar-refractivity contribution in [1.82, 2.24) is 0 Å². The molecule has 2 aromatic rings. The third-order valence-corrected chi connectivity index (χ3v) is 3.49. The minimum Gasteiger partial charge on any atom is -0.328 e. The number of para-hydroxylation sites is 3. The van der Waals surface area contributed by atoms with Gasteiger partial charge >= 0.3 is 0 Å². The fraction of sp³-hybridized carbons (Fsp3) is 0.0667. The van der Waals surface area contributed by atoms with E-state index in [4.69, 9.17) is 11.6 Å². The number of halogens is 1. The molecule has 1 aliphatic heterocycles. The molecule has 1 aliphatic rings. The zero-order valence-electron chi connectivity index (χ0n) is 10.5. The Morgan fingerprint density at radius 3 is 2.75 bits per heavy atom. The first kappa shape index (κ1) is 12.7. The number of anilines is 3. The molecule has 20 heavy (non-hydrogen) atoms. The lowest BCUT2D eigenvalue weighted by Crippen LogP contribution is -2.35. The third-order valence-electron chi connectivity index (χ3n) is 3.19.